The van der Waals surface area contributed by atoms with Crippen LogP contribution in [-0.4, -0.2) is 16.7 Å². The van der Waals surface area contributed by atoms with Gasteiger partial charge in [0.25, 0.3) is 5.91 Å². The van der Waals surface area contributed by atoms with E-state index in [0.29, 0.717) is 37.7 Å². The van der Waals surface area contributed by atoms with Crippen molar-refractivity contribution in [3.8, 4) is 17.0 Å². The molecule has 2 heterocycles. The minimum atomic E-state index is -0.427. The summed E-state index contributed by atoms with van der Waals surface area (Å²) in [6.45, 7) is 4.02. The largest absolute Gasteiger partial charge is 0.455 e. The first-order chi connectivity index (χ1) is 15.3. The lowest BCUT2D eigenvalue weighted by molar-refractivity contribution is 0.0955. The normalized spacial score (nSPS) is 11.3. The molecule has 1 N–H and O–H groups in total. The minimum absolute atomic E-state index is 0.320. The first-order valence-electron chi connectivity index (χ1n) is 9.67. The summed E-state index contributed by atoms with van der Waals surface area (Å²) >= 11 is 18.7. The van der Waals surface area contributed by atoms with Crippen LogP contribution in [0.5, 0.6) is 0 Å². The molecule has 0 aliphatic carbocycles. The molecule has 0 saturated carbocycles. The van der Waals surface area contributed by atoms with Crippen molar-refractivity contribution in [3.63, 3.8) is 0 Å². The van der Waals surface area contributed by atoms with Crippen molar-refractivity contribution in [1.82, 2.24) is 9.99 Å². The summed E-state index contributed by atoms with van der Waals surface area (Å²) in [5, 5.41) is 5.14. The molecule has 0 spiro atoms. The standard InChI is InChI=1S/C24H18Cl3N3O2/c1-14-6-7-15(2)30(14)16-8-10-18(21(26)12-16)24(31)29-28-13-17-9-11-22(32-17)19-4-3-5-20(25)23(19)27/h3-13H,1-2H3,(H,29,31)/b28-13-. The number of benzene rings is 2. The highest BCUT2D eigenvalue weighted by atomic mass is 35.5. The SMILES string of the molecule is Cc1ccc(C)n1-c1ccc(C(=O)N/N=C\c2ccc(-c3cccc(Cl)c3Cl)o2)c(Cl)c1. The van der Waals surface area contributed by atoms with E-state index in [1.165, 1.54) is 6.21 Å². The van der Waals surface area contributed by atoms with Gasteiger partial charge in [0, 0.05) is 22.6 Å². The van der Waals surface area contributed by atoms with E-state index in [-0.39, 0.29) is 0 Å². The summed E-state index contributed by atoms with van der Waals surface area (Å²) in [6, 6.07) is 18.1. The fourth-order valence-electron chi connectivity index (χ4n) is 3.38. The summed E-state index contributed by atoms with van der Waals surface area (Å²) in [7, 11) is 0. The average Bonchev–Trinajstić information content (AvgIpc) is 3.36. The Morgan fingerprint density at radius 2 is 1.72 bits per heavy atom. The maximum absolute atomic E-state index is 12.5. The Morgan fingerprint density at radius 1 is 0.969 bits per heavy atom. The van der Waals surface area contributed by atoms with Gasteiger partial charge in [0.1, 0.15) is 11.5 Å². The van der Waals surface area contributed by atoms with E-state index >= 15 is 0 Å². The summed E-state index contributed by atoms with van der Waals surface area (Å²) in [4.78, 5) is 12.5. The zero-order chi connectivity index (χ0) is 22.8. The third-order valence-corrected chi connectivity index (χ3v) is 6.06. The molecular formula is C24H18Cl3N3O2. The highest BCUT2D eigenvalue weighted by molar-refractivity contribution is 6.43. The van der Waals surface area contributed by atoms with Crippen molar-refractivity contribution in [2.24, 2.45) is 5.10 Å². The van der Waals surface area contributed by atoms with Gasteiger partial charge in [-0.25, -0.2) is 5.43 Å². The number of nitrogens with one attached hydrogen (secondary N) is 1. The number of carbonyl (C=O) groups is 1. The Kier molecular flexibility index (Phi) is 6.42. The van der Waals surface area contributed by atoms with Crippen LogP contribution in [0.1, 0.15) is 27.5 Å². The van der Waals surface area contributed by atoms with Gasteiger partial charge in [0.15, 0.2) is 0 Å². The predicted octanol–water partition coefficient (Wildman–Crippen LogP) is 7.08. The fraction of sp³-hybridized carbons (Fsp3) is 0.0833. The molecule has 0 fully saturated rings. The van der Waals surface area contributed by atoms with Gasteiger partial charge >= 0.3 is 0 Å². The Balaban J connectivity index is 1.46. The molecule has 0 unspecified atom stereocenters. The molecule has 1 amide bonds. The van der Waals surface area contributed by atoms with Gasteiger partial charge in [-0.05, 0) is 68.4 Å². The molecular weight excluding hydrogens is 469 g/mol. The van der Waals surface area contributed by atoms with Crippen LogP contribution in [0.4, 0.5) is 0 Å². The molecule has 0 atom stereocenters. The number of hydrogen-bond donors (Lipinski definition) is 1. The van der Waals surface area contributed by atoms with Crippen LogP contribution in [0.2, 0.25) is 15.1 Å². The fourth-order valence-corrected chi connectivity index (χ4v) is 4.03. The molecule has 5 nitrogen and oxygen atoms in total. The highest BCUT2D eigenvalue weighted by Gasteiger charge is 2.13. The number of carbonyl (C=O) groups excluding carboxylic acids is 1. The number of aromatic nitrogens is 1. The number of nitrogens with zero attached hydrogens (tertiary/aromatic N) is 2. The van der Waals surface area contributed by atoms with E-state index in [2.05, 4.69) is 15.1 Å². The van der Waals surface area contributed by atoms with Crippen LogP contribution in [0.3, 0.4) is 0 Å². The Labute approximate surface area is 200 Å². The number of halogens is 3. The number of amides is 1. The van der Waals surface area contributed by atoms with Crippen molar-refractivity contribution in [2.45, 2.75) is 13.8 Å². The van der Waals surface area contributed by atoms with Crippen LogP contribution in [0.25, 0.3) is 17.0 Å². The first kappa shape index (κ1) is 22.2. The topological polar surface area (TPSA) is 59.5 Å². The zero-order valence-corrected chi connectivity index (χ0v) is 19.5. The Hall–Kier alpha value is -2.99. The highest BCUT2D eigenvalue weighted by Crippen LogP contribution is 2.34. The maximum Gasteiger partial charge on any atom is 0.272 e. The van der Waals surface area contributed by atoms with Crippen molar-refractivity contribution >= 4 is 46.9 Å². The predicted molar refractivity (Wildman–Crippen MR) is 129 cm³/mol. The van der Waals surface area contributed by atoms with Crippen LogP contribution in [-0.2, 0) is 0 Å². The molecule has 162 valence electrons. The summed E-state index contributed by atoms with van der Waals surface area (Å²) < 4.78 is 7.79. The van der Waals surface area contributed by atoms with Crippen LogP contribution in [0.15, 0.2) is 70.2 Å². The number of rotatable bonds is 5. The van der Waals surface area contributed by atoms with Gasteiger partial charge in [-0.15, -0.1) is 0 Å². The molecule has 0 radical (unpaired) electrons. The second-order valence-electron chi connectivity index (χ2n) is 7.12. The van der Waals surface area contributed by atoms with Gasteiger partial charge in [0.2, 0.25) is 0 Å². The van der Waals surface area contributed by atoms with Gasteiger partial charge in [-0.1, -0.05) is 40.9 Å². The second kappa shape index (κ2) is 9.25. The smallest absolute Gasteiger partial charge is 0.272 e. The minimum Gasteiger partial charge on any atom is -0.455 e. The van der Waals surface area contributed by atoms with Crippen LogP contribution >= 0.6 is 34.8 Å². The van der Waals surface area contributed by atoms with Crippen molar-refractivity contribution in [3.05, 3.63) is 98.4 Å². The van der Waals surface area contributed by atoms with Crippen LogP contribution < -0.4 is 5.43 Å². The molecule has 0 saturated heterocycles. The number of hydrazone groups is 1. The molecule has 8 heteroatoms. The van der Waals surface area contributed by atoms with E-state index in [1.54, 1.807) is 42.5 Å². The first-order valence-corrected chi connectivity index (χ1v) is 10.8. The van der Waals surface area contributed by atoms with E-state index < -0.39 is 5.91 Å². The monoisotopic (exact) mass is 485 g/mol. The van der Waals surface area contributed by atoms with Gasteiger partial charge < -0.3 is 8.98 Å². The van der Waals surface area contributed by atoms with Gasteiger partial charge in [-0.3, -0.25) is 4.79 Å². The van der Waals surface area contributed by atoms with E-state index in [9.17, 15) is 4.79 Å². The summed E-state index contributed by atoms with van der Waals surface area (Å²) in [5.41, 5.74) is 6.50. The molecule has 4 aromatic rings. The Morgan fingerprint density at radius 3 is 2.44 bits per heavy atom. The third-order valence-electron chi connectivity index (χ3n) is 4.93. The van der Waals surface area contributed by atoms with Crippen molar-refractivity contribution < 1.29 is 9.21 Å². The van der Waals surface area contributed by atoms with Crippen molar-refractivity contribution in [2.75, 3.05) is 0 Å². The van der Waals surface area contributed by atoms with E-state index in [1.807, 2.05) is 32.0 Å². The molecule has 0 aliphatic heterocycles. The number of hydrogen-bond acceptors (Lipinski definition) is 3. The maximum atomic E-state index is 12.5. The van der Waals surface area contributed by atoms with Gasteiger partial charge in [0.05, 0.1) is 26.8 Å². The lowest BCUT2D eigenvalue weighted by Crippen LogP contribution is -2.18. The molecule has 2 aromatic carbocycles. The zero-order valence-electron chi connectivity index (χ0n) is 17.2. The van der Waals surface area contributed by atoms with E-state index in [0.717, 1.165) is 17.1 Å². The lowest BCUT2D eigenvalue weighted by atomic mass is 10.2. The van der Waals surface area contributed by atoms with Crippen LogP contribution in [0, 0.1) is 13.8 Å². The number of furan rings is 1. The number of aryl methyl sites for hydroxylation is 2. The summed E-state index contributed by atoms with van der Waals surface area (Å²) in [5.74, 6) is 0.555. The second-order valence-corrected chi connectivity index (χ2v) is 8.31. The van der Waals surface area contributed by atoms with Gasteiger partial charge in [-0.2, -0.15) is 5.10 Å². The molecule has 4 rings (SSSR count). The average molecular weight is 487 g/mol. The quantitative estimate of drug-likeness (QED) is 0.242. The molecule has 2 aromatic heterocycles. The lowest BCUT2D eigenvalue weighted by Gasteiger charge is -2.11. The molecule has 0 aliphatic rings. The molecule has 0 bridgehead atoms. The third kappa shape index (κ3) is 4.46. The van der Waals surface area contributed by atoms with E-state index in [4.69, 9.17) is 39.2 Å². The summed E-state index contributed by atoms with van der Waals surface area (Å²) in [6.07, 6.45) is 1.40. The van der Waals surface area contributed by atoms with Crippen molar-refractivity contribution in [1.29, 1.82) is 0 Å². The Bertz CT molecular complexity index is 1320. The molecule has 32 heavy (non-hydrogen) atoms.